The van der Waals surface area contributed by atoms with E-state index in [1.54, 1.807) is 24.3 Å². The van der Waals surface area contributed by atoms with Gasteiger partial charge in [-0.3, -0.25) is 9.59 Å². The molecular weight excluding hydrogens is 432 g/mol. The molecule has 0 fully saturated rings. The van der Waals surface area contributed by atoms with Crippen molar-refractivity contribution < 1.29 is 9.59 Å². The lowest BCUT2D eigenvalue weighted by molar-refractivity contribution is -0.113. The quantitative estimate of drug-likeness (QED) is 0.288. The molecule has 166 valence electrons. The van der Waals surface area contributed by atoms with Crippen LogP contribution in [-0.2, 0) is 17.8 Å². The number of nitrogens with zero attached hydrogens (tertiary/aromatic N) is 3. The Bertz CT molecular complexity index is 1220. The van der Waals surface area contributed by atoms with Gasteiger partial charge in [-0.25, -0.2) is 0 Å². The van der Waals surface area contributed by atoms with Crippen LogP contribution in [0.3, 0.4) is 0 Å². The van der Waals surface area contributed by atoms with Gasteiger partial charge in [0.1, 0.15) is 5.82 Å². The van der Waals surface area contributed by atoms with Gasteiger partial charge < -0.3 is 9.88 Å². The third kappa shape index (κ3) is 6.17. The fourth-order valence-corrected chi connectivity index (χ4v) is 4.13. The van der Waals surface area contributed by atoms with Crippen LogP contribution in [0.4, 0.5) is 5.69 Å². The number of aromatic nitrogens is 3. The van der Waals surface area contributed by atoms with E-state index in [-0.39, 0.29) is 17.4 Å². The fraction of sp³-hybridized carbons (Fsp3) is 0.154. The summed E-state index contributed by atoms with van der Waals surface area (Å²) >= 11 is 1.36. The average molecular weight is 457 g/mol. The summed E-state index contributed by atoms with van der Waals surface area (Å²) in [6.07, 6.45) is 0.663. The zero-order chi connectivity index (χ0) is 23.0. The maximum atomic E-state index is 12.5. The van der Waals surface area contributed by atoms with Crippen molar-refractivity contribution in [3.8, 4) is 0 Å². The first-order chi connectivity index (χ1) is 16.1. The molecule has 0 spiro atoms. The maximum Gasteiger partial charge on any atom is 0.234 e. The number of thioether (sulfide) groups is 1. The summed E-state index contributed by atoms with van der Waals surface area (Å²) in [7, 11) is 0. The van der Waals surface area contributed by atoms with Crippen molar-refractivity contribution in [3.63, 3.8) is 0 Å². The Morgan fingerprint density at radius 2 is 1.48 bits per heavy atom. The van der Waals surface area contributed by atoms with E-state index >= 15 is 0 Å². The van der Waals surface area contributed by atoms with Crippen molar-refractivity contribution in [1.82, 2.24) is 14.8 Å². The SMILES string of the molecule is CC(=O)c1ccc(NC(=O)CSc2nnc(Cc3ccccc3)n2Cc2ccccc2)cc1. The van der Waals surface area contributed by atoms with Gasteiger partial charge in [-0.15, -0.1) is 10.2 Å². The first-order valence-corrected chi connectivity index (χ1v) is 11.6. The van der Waals surface area contributed by atoms with Crippen LogP contribution in [0, 0.1) is 0 Å². The second kappa shape index (κ2) is 10.7. The Balaban J connectivity index is 1.46. The van der Waals surface area contributed by atoms with E-state index in [4.69, 9.17) is 0 Å². The predicted octanol–water partition coefficient (Wildman–Crippen LogP) is 4.85. The Labute approximate surface area is 197 Å². The summed E-state index contributed by atoms with van der Waals surface area (Å²) in [5, 5.41) is 12.4. The molecule has 0 saturated carbocycles. The molecule has 0 atom stereocenters. The third-order valence-electron chi connectivity index (χ3n) is 5.09. The summed E-state index contributed by atoms with van der Waals surface area (Å²) in [5.41, 5.74) is 3.56. The molecule has 0 unspecified atom stereocenters. The molecule has 4 rings (SSSR count). The molecule has 0 radical (unpaired) electrons. The smallest absolute Gasteiger partial charge is 0.234 e. The molecular formula is C26H24N4O2S. The van der Waals surface area contributed by atoms with E-state index < -0.39 is 0 Å². The van der Waals surface area contributed by atoms with Gasteiger partial charge in [0.2, 0.25) is 5.91 Å². The number of rotatable bonds is 9. The van der Waals surface area contributed by atoms with Crippen LogP contribution in [0.1, 0.15) is 34.2 Å². The van der Waals surface area contributed by atoms with Crippen molar-refractivity contribution in [3.05, 3.63) is 107 Å². The Kier molecular flexibility index (Phi) is 7.32. The summed E-state index contributed by atoms with van der Waals surface area (Å²) < 4.78 is 2.07. The summed E-state index contributed by atoms with van der Waals surface area (Å²) in [5.74, 6) is 0.905. The number of amides is 1. The second-order valence-electron chi connectivity index (χ2n) is 7.60. The van der Waals surface area contributed by atoms with Gasteiger partial charge >= 0.3 is 0 Å². The number of anilines is 1. The summed E-state index contributed by atoms with van der Waals surface area (Å²) in [6.45, 7) is 2.15. The molecule has 0 saturated heterocycles. The fourth-order valence-electron chi connectivity index (χ4n) is 3.38. The van der Waals surface area contributed by atoms with E-state index in [1.807, 2.05) is 36.4 Å². The van der Waals surface area contributed by atoms with Crippen LogP contribution in [0.15, 0.2) is 90.1 Å². The first kappa shape index (κ1) is 22.5. The molecule has 6 nitrogen and oxygen atoms in total. The number of carbonyl (C=O) groups excluding carboxylic acids is 2. The van der Waals surface area contributed by atoms with E-state index in [0.29, 0.717) is 29.4 Å². The zero-order valence-corrected chi connectivity index (χ0v) is 19.1. The molecule has 0 bridgehead atoms. The summed E-state index contributed by atoms with van der Waals surface area (Å²) in [6, 6.07) is 27.2. The van der Waals surface area contributed by atoms with E-state index in [9.17, 15) is 9.59 Å². The lowest BCUT2D eigenvalue weighted by Gasteiger charge is -2.11. The van der Waals surface area contributed by atoms with Crippen molar-refractivity contribution in [2.45, 2.75) is 25.0 Å². The molecule has 0 aliphatic carbocycles. The Morgan fingerprint density at radius 3 is 2.12 bits per heavy atom. The lowest BCUT2D eigenvalue weighted by Crippen LogP contribution is -2.15. The summed E-state index contributed by atoms with van der Waals surface area (Å²) in [4.78, 5) is 23.9. The number of carbonyl (C=O) groups is 2. The van der Waals surface area contributed by atoms with E-state index in [2.05, 4.69) is 44.3 Å². The normalized spacial score (nSPS) is 10.7. The number of hydrogen-bond donors (Lipinski definition) is 1. The van der Waals surface area contributed by atoms with E-state index in [0.717, 1.165) is 17.0 Å². The lowest BCUT2D eigenvalue weighted by atomic mass is 10.1. The van der Waals surface area contributed by atoms with Crippen molar-refractivity contribution >= 4 is 29.1 Å². The number of ketones is 1. The van der Waals surface area contributed by atoms with Gasteiger partial charge in [-0.1, -0.05) is 72.4 Å². The highest BCUT2D eigenvalue weighted by atomic mass is 32.2. The molecule has 0 aliphatic rings. The highest BCUT2D eigenvalue weighted by Crippen LogP contribution is 2.21. The van der Waals surface area contributed by atoms with Crippen molar-refractivity contribution in [2.75, 3.05) is 11.1 Å². The van der Waals surface area contributed by atoms with Gasteiger partial charge in [0, 0.05) is 17.7 Å². The third-order valence-corrected chi connectivity index (χ3v) is 6.06. The van der Waals surface area contributed by atoms with Crippen molar-refractivity contribution in [1.29, 1.82) is 0 Å². The first-order valence-electron chi connectivity index (χ1n) is 10.6. The largest absolute Gasteiger partial charge is 0.325 e. The molecule has 3 aromatic carbocycles. The predicted molar refractivity (Wildman–Crippen MR) is 131 cm³/mol. The standard InChI is InChI=1S/C26H24N4O2S/c1-19(31)22-12-14-23(15-13-22)27-25(32)18-33-26-29-28-24(16-20-8-4-2-5-9-20)30(26)17-21-10-6-3-7-11-21/h2-15H,16-18H2,1H3,(H,27,32). The molecule has 7 heteroatoms. The van der Waals surface area contributed by atoms with Gasteiger partial charge in [0.15, 0.2) is 10.9 Å². The average Bonchev–Trinajstić information content (AvgIpc) is 3.20. The molecule has 1 heterocycles. The molecule has 1 amide bonds. The van der Waals surface area contributed by atoms with Crippen LogP contribution in [0.2, 0.25) is 0 Å². The number of Topliss-reactive ketones (excluding diaryl/α,β-unsaturated/α-hetero) is 1. The van der Waals surface area contributed by atoms with Crippen LogP contribution in [-0.4, -0.2) is 32.2 Å². The second-order valence-corrected chi connectivity index (χ2v) is 8.55. The Morgan fingerprint density at radius 1 is 0.848 bits per heavy atom. The zero-order valence-electron chi connectivity index (χ0n) is 18.3. The topological polar surface area (TPSA) is 76.9 Å². The van der Waals surface area contributed by atoms with Crippen LogP contribution in [0.5, 0.6) is 0 Å². The van der Waals surface area contributed by atoms with Gasteiger partial charge in [-0.2, -0.15) is 0 Å². The van der Waals surface area contributed by atoms with Crippen LogP contribution < -0.4 is 5.32 Å². The van der Waals surface area contributed by atoms with Crippen molar-refractivity contribution in [2.24, 2.45) is 0 Å². The number of hydrogen-bond acceptors (Lipinski definition) is 5. The molecule has 1 N–H and O–H groups in total. The van der Waals surface area contributed by atoms with Crippen LogP contribution >= 0.6 is 11.8 Å². The minimum absolute atomic E-state index is 0.00695. The Hall–Kier alpha value is -3.71. The van der Waals surface area contributed by atoms with Crippen LogP contribution in [0.25, 0.3) is 0 Å². The number of benzene rings is 3. The molecule has 0 aliphatic heterocycles. The monoisotopic (exact) mass is 456 g/mol. The minimum Gasteiger partial charge on any atom is -0.325 e. The van der Waals surface area contributed by atoms with Gasteiger partial charge in [-0.05, 0) is 42.3 Å². The van der Waals surface area contributed by atoms with Gasteiger partial charge in [0.05, 0.1) is 12.3 Å². The minimum atomic E-state index is -0.144. The molecule has 1 aromatic heterocycles. The number of nitrogens with one attached hydrogen (secondary N) is 1. The highest BCUT2D eigenvalue weighted by Gasteiger charge is 2.15. The highest BCUT2D eigenvalue weighted by molar-refractivity contribution is 7.99. The van der Waals surface area contributed by atoms with Gasteiger partial charge in [0.25, 0.3) is 0 Å². The molecule has 33 heavy (non-hydrogen) atoms. The molecule has 4 aromatic rings. The van der Waals surface area contributed by atoms with E-state index in [1.165, 1.54) is 18.7 Å². The maximum absolute atomic E-state index is 12.5.